The highest BCUT2D eigenvalue weighted by Gasteiger charge is 2.09. The molecule has 3 N–H and O–H groups in total. The third kappa shape index (κ3) is 3.33. The molecule has 0 spiro atoms. The molecule has 0 amide bonds. The molecule has 0 bridgehead atoms. The first kappa shape index (κ1) is 14.5. The fourth-order valence-electron chi connectivity index (χ4n) is 2.12. The van der Waals surface area contributed by atoms with E-state index < -0.39 is 0 Å². The predicted molar refractivity (Wildman–Crippen MR) is 83.8 cm³/mol. The van der Waals surface area contributed by atoms with Gasteiger partial charge in [0.25, 0.3) is 0 Å². The minimum absolute atomic E-state index is 0.688. The summed E-state index contributed by atoms with van der Waals surface area (Å²) in [5.41, 5.74) is 10.8. The highest BCUT2D eigenvalue weighted by molar-refractivity contribution is 5.60. The summed E-state index contributed by atoms with van der Waals surface area (Å²) in [4.78, 5) is 9.22. The number of hydrogen-bond acceptors (Lipinski definition) is 4. The van der Waals surface area contributed by atoms with Crippen molar-refractivity contribution in [1.82, 2.24) is 9.97 Å². The van der Waals surface area contributed by atoms with Crippen LogP contribution in [0, 0.1) is 20.8 Å². The number of nitrogens with one attached hydrogen (secondary N) is 1. The largest absolute Gasteiger partial charge is 0.382 e. The summed E-state index contributed by atoms with van der Waals surface area (Å²) in [5.74, 6) is 0.782. The van der Waals surface area contributed by atoms with Gasteiger partial charge in [0.1, 0.15) is 0 Å². The SMILES string of the molecule is Cc1ccc(-c2nc(C)c(NCCCN)c(C)n2)cc1. The maximum absolute atomic E-state index is 5.51. The van der Waals surface area contributed by atoms with Gasteiger partial charge in [0.15, 0.2) is 5.82 Å². The van der Waals surface area contributed by atoms with Gasteiger partial charge in [0.05, 0.1) is 17.1 Å². The van der Waals surface area contributed by atoms with Crippen LogP contribution in [0.15, 0.2) is 24.3 Å². The highest BCUT2D eigenvalue weighted by atomic mass is 15.0. The second-order valence-corrected chi connectivity index (χ2v) is 5.03. The third-order valence-electron chi connectivity index (χ3n) is 3.26. The van der Waals surface area contributed by atoms with Crippen LogP contribution in [0.2, 0.25) is 0 Å². The Balaban J connectivity index is 2.27. The van der Waals surface area contributed by atoms with E-state index in [1.807, 2.05) is 13.8 Å². The van der Waals surface area contributed by atoms with Crippen molar-refractivity contribution in [3.05, 3.63) is 41.2 Å². The first-order valence-corrected chi connectivity index (χ1v) is 6.98. The molecule has 4 nitrogen and oxygen atoms in total. The van der Waals surface area contributed by atoms with E-state index in [-0.39, 0.29) is 0 Å². The van der Waals surface area contributed by atoms with E-state index >= 15 is 0 Å². The summed E-state index contributed by atoms with van der Waals surface area (Å²) in [5, 5.41) is 3.36. The molecule has 1 aromatic carbocycles. The lowest BCUT2D eigenvalue weighted by Crippen LogP contribution is -2.11. The molecule has 2 aromatic rings. The van der Waals surface area contributed by atoms with Crippen LogP contribution < -0.4 is 11.1 Å². The monoisotopic (exact) mass is 270 g/mol. The third-order valence-corrected chi connectivity index (χ3v) is 3.26. The summed E-state index contributed by atoms with van der Waals surface area (Å²) >= 11 is 0. The van der Waals surface area contributed by atoms with Crippen LogP contribution in [0.4, 0.5) is 5.69 Å². The van der Waals surface area contributed by atoms with Crippen molar-refractivity contribution in [3.8, 4) is 11.4 Å². The first-order valence-electron chi connectivity index (χ1n) is 6.98. The molecule has 2 rings (SSSR count). The number of anilines is 1. The van der Waals surface area contributed by atoms with Gasteiger partial charge in [0.2, 0.25) is 0 Å². The van der Waals surface area contributed by atoms with E-state index in [4.69, 9.17) is 5.73 Å². The molecule has 0 aliphatic carbocycles. The molecule has 4 heteroatoms. The van der Waals surface area contributed by atoms with Crippen LogP contribution in [-0.2, 0) is 0 Å². The highest BCUT2D eigenvalue weighted by Crippen LogP contribution is 2.22. The van der Waals surface area contributed by atoms with Crippen molar-refractivity contribution in [1.29, 1.82) is 0 Å². The quantitative estimate of drug-likeness (QED) is 0.820. The van der Waals surface area contributed by atoms with Crippen molar-refractivity contribution < 1.29 is 0 Å². The molecule has 20 heavy (non-hydrogen) atoms. The molecular formula is C16H22N4. The van der Waals surface area contributed by atoms with E-state index in [2.05, 4.69) is 46.5 Å². The molecule has 1 aromatic heterocycles. The van der Waals surface area contributed by atoms with Crippen LogP contribution in [0.3, 0.4) is 0 Å². The van der Waals surface area contributed by atoms with Gasteiger partial charge in [-0.25, -0.2) is 9.97 Å². The molecule has 0 saturated carbocycles. The van der Waals surface area contributed by atoms with Crippen molar-refractivity contribution >= 4 is 5.69 Å². The van der Waals surface area contributed by atoms with Gasteiger partial charge in [0, 0.05) is 12.1 Å². The van der Waals surface area contributed by atoms with Crippen LogP contribution in [0.1, 0.15) is 23.4 Å². The minimum Gasteiger partial charge on any atom is -0.382 e. The standard InChI is InChI=1S/C16H22N4/c1-11-5-7-14(8-6-11)16-19-12(2)15(13(3)20-16)18-10-4-9-17/h5-8,18H,4,9-10,17H2,1-3H3. The maximum Gasteiger partial charge on any atom is 0.159 e. The Bertz CT molecular complexity index is 553. The maximum atomic E-state index is 5.51. The second kappa shape index (κ2) is 6.48. The van der Waals surface area contributed by atoms with Crippen molar-refractivity contribution in [2.45, 2.75) is 27.2 Å². The molecule has 1 heterocycles. The van der Waals surface area contributed by atoms with E-state index in [9.17, 15) is 0 Å². The minimum atomic E-state index is 0.688. The Morgan fingerprint density at radius 3 is 2.15 bits per heavy atom. The van der Waals surface area contributed by atoms with E-state index in [1.54, 1.807) is 0 Å². The van der Waals surface area contributed by atoms with Gasteiger partial charge in [-0.1, -0.05) is 29.8 Å². The first-order chi connectivity index (χ1) is 9.61. The molecule has 106 valence electrons. The molecule has 0 radical (unpaired) electrons. The normalized spacial score (nSPS) is 10.6. The molecule has 0 fully saturated rings. The summed E-state index contributed by atoms with van der Waals surface area (Å²) in [6.45, 7) is 7.64. The van der Waals surface area contributed by atoms with Crippen LogP contribution in [-0.4, -0.2) is 23.1 Å². The van der Waals surface area contributed by atoms with E-state index in [0.29, 0.717) is 6.54 Å². The number of benzene rings is 1. The second-order valence-electron chi connectivity index (χ2n) is 5.03. The molecule has 0 aliphatic rings. The van der Waals surface area contributed by atoms with Crippen LogP contribution >= 0.6 is 0 Å². The number of rotatable bonds is 5. The molecule has 0 saturated heterocycles. The zero-order valence-corrected chi connectivity index (χ0v) is 12.4. The number of aromatic nitrogens is 2. The Morgan fingerprint density at radius 1 is 1.00 bits per heavy atom. The average Bonchev–Trinajstić information content (AvgIpc) is 2.42. The predicted octanol–water partition coefficient (Wildman–Crippen LogP) is 2.83. The molecule has 0 unspecified atom stereocenters. The number of nitrogens with zero attached hydrogens (tertiary/aromatic N) is 2. The summed E-state index contributed by atoms with van der Waals surface area (Å²) in [7, 11) is 0. The van der Waals surface area contributed by atoms with Gasteiger partial charge >= 0.3 is 0 Å². The lowest BCUT2D eigenvalue weighted by atomic mass is 10.1. The zero-order chi connectivity index (χ0) is 14.5. The van der Waals surface area contributed by atoms with Gasteiger partial charge in [-0.2, -0.15) is 0 Å². The summed E-state index contributed by atoms with van der Waals surface area (Å²) in [6, 6.07) is 8.28. The molecular weight excluding hydrogens is 248 g/mol. The van der Waals surface area contributed by atoms with E-state index in [0.717, 1.165) is 41.4 Å². The van der Waals surface area contributed by atoms with Gasteiger partial charge in [-0.05, 0) is 33.7 Å². The summed E-state index contributed by atoms with van der Waals surface area (Å²) < 4.78 is 0. The lowest BCUT2D eigenvalue weighted by Gasteiger charge is -2.13. The van der Waals surface area contributed by atoms with Crippen LogP contribution in [0.25, 0.3) is 11.4 Å². The Morgan fingerprint density at radius 2 is 1.60 bits per heavy atom. The number of aryl methyl sites for hydroxylation is 3. The van der Waals surface area contributed by atoms with Gasteiger partial charge in [-0.3, -0.25) is 0 Å². The van der Waals surface area contributed by atoms with Crippen molar-refractivity contribution in [2.24, 2.45) is 5.73 Å². The zero-order valence-electron chi connectivity index (χ0n) is 12.4. The fraction of sp³-hybridized carbons (Fsp3) is 0.375. The molecule has 0 atom stereocenters. The van der Waals surface area contributed by atoms with Crippen molar-refractivity contribution in [2.75, 3.05) is 18.4 Å². The smallest absolute Gasteiger partial charge is 0.159 e. The topological polar surface area (TPSA) is 63.8 Å². The van der Waals surface area contributed by atoms with Crippen molar-refractivity contribution in [3.63, 3.8) is 0 Å². The lowest BCUT2D eigenvalue weighted by molar-refractivity contribution is 0.868. The Labute approximate surface area is 120 Å². The Hall–Kier alpha value is -1.94. The number of hydrogen-bond donors (Lipinski definition) is 2. The Kier molecular flexibility index (Phi) is 4.69. The van der Waals surface area contributed by atoms with E-state index in [1.165, 1.54) is 5.56 Å². The van der Waals surface area contributed by atoms with Gasteiger partial charge in [-0.15, -0.1) is 0 Å². The fourth-order valence-corrected chi connectivity index (χ4v) is 2.12. The number of nitrogens with two attached hydrogens (primary N) is 1. The average molecular weight is 270 g/mol. The summed E-state index contributed by atoms with van der Waals surface area (Å²) in [6.07, 6.45) is 0.943. The van der Waals surface area contributed by atoms with Gasteiger partial charge < -0.3 is 11.1 Å². The molecule has 0 aliphatic heterocycles. The van der Waals surface area contributed by atoms with Crippen LogP contribution in [0.5, 0.6) is 0 Å².